The van der Waals surface area contributed by atoms with Crippen LogP contribution >= 0.6 is 22.9 Å². The molecule has 0 unspecified atom stereocenters. The molecule has 0 spiro atoms. The first-order valence-electron chi connectivity index (χ1n) is 8.74. The van der Waals surface area contributed by atoms with E-state index >= 15 is 0 Å². The van der Waals surface area contributed by atoms with Crippen molar-refractivity contribution in [2.45, 2.75) is 12.8 Å². The van der Waals surface area contributed by atoms with E-state index in [1.54, 1.807) is 30.6 Å². The number of aromatic amines is 1. The number of carbonyl (C=O) groups excluding carboxylic acids is 1. The van der Waals surface area contributed by atoms with Crippen LogP contribution in [0.25, 0.3) is 11.4 Å². The Morgan fingerprint density at radius 1 is 1.10 bits per heavy atom. The molecule has 0 saturated heterocycles. The van der Waals surface area contributed by atoms with Gasteiger partial charge in [-0.2, -0.15) is 0 Å². The number of H-pyrrole nitrogens is 1. The summed E-state index contributed by atoms with van der Waals surface area (Å²) in [5, 5.41) is 0. The molecule has 1 N–H and O–H groups in total. The molecule has 0 aliphatic carbocycles. The van der Waals surface area contributed by atoms with Gasteiger partial charge >= 0.3 is 11.1 Å². The van der Waals surface area contributed by atoms with Crippen LogP contribution in [0.3, 0.4) is 0 Å². The molecule has 0 saturated carbocycles. The van der Waals surface area contributed by atoms with E-state index in [-0.39, 0.29) is 5.78 Å². The smallest absolute Gasteiger partial charge is 0.320 e. The first kappa shape index (κ1) is 19.1. The van der Waals surface area contributed by atoms with Gasteiger partial charge in [0, 0.05) is 36.4 Å². The predicted molar refractivity (Wildman–Crippen MR) is 112 cm³/mol. The summed E-state index contributed by atoms with van der Waals surface area (Å²) in [7, 11) is 0. The topological polar surface area (TPSA) is 89.8 Å². The Kier molecular flexibility index (Phi) is 5.28. The second-order valence-corrected chi connectivity index (χ2v) is 8.00. The number of imidazole rings is 1. The Morgan fingerprint density at radius 2 is 1.86 bits per heavy atom. The Hall–Kier alpha value is -3.23. The van der Waals surface area contributed by atoms with Crippen LogP contribution in [-0.2, 0) is 6.42 Å². The third-order valence-corrected chi connectivity index (χ3v) is 5.64. The average molecular weight is 427 g/mol. The van der Waals surface area contributed by atoms with Gasteiger partial charge in [0.15, 0.2) is 5.78 Å². The van der Waals surface area contributed by atoms with Crippen molar-refractivity contribution in [3.63, 3.8) is 0 Å². The molecule has 0 fully saturated rings. The van der Waals surface area contributed by atoms with Crippen LogP contribution in [0.4, 0.5) is 0 Å². The van der Waals surface area contributed by atoms with Crippen molar-refractivity contribution < 1.29 is 4.79 Å². The third kappa shape index (κ3) is 4.13. The number of hydrogen-bond donors (Lipinski definition) is 1. The summed E-state index contributed by atoms with van der Waals surface area (Å²) in [4.78, 5) is 43.0. The number of aryl methyl sites for hydroxylation is 1. The molecule has 3 heterocycles. The van der Waals surface area contributed by atoms with Crippen molar-refractivity contribution in [1.29, 1.82) is 0 Å². The van der Waals surface area contributed by atoms with E-state index in [2.05, 4.69) is 9.97 Å². The number of ketones is 1. The lowest BCUT2D eigenvalue weighted by atomic mass is 10.1. The summed E-state index contributed by atoms with van der Waals surface area (Å²) in [6.45, 7) is 0. The standard InChI is InChI=1S/C20H15ClN4O3S/c21-18-8-7-17(29-18)16(26)6-1-13-11-24(12-23-13)14-2-4-15(5-3-14)25-10-9-22-19(27)20(25)28/h2-5,7-12H,1,6H2,(H,22,27). The molecule has 0 amide bonds. The minimum absolute atomic E-state index is 0.0455. The molecule has 0 bridgehead atoms. The minimum Gasteiger partial charge on any atom is -0.323 e. The maximum absolute atomic E-state index is 12.2. The van der Waals surface area contributed by atoms with E-state index < -0.39 is 11.1 Å². The van der Waals surface area contributed by atoms with Crippen molar-refractivity contribution in [3.05, 3.63) is 96.9 Å². The van der Waals surface area contributed by atoms with Crippen molar-refractivity contribution in [3.8, 4) is 11.4 Å². The summed E-state index contributed by atoms with van der Waals surface area (Å²) >= 11 is 7.15. The zero-order valence-electron chi connectivity index (χ0n) is 15.0. The van der Waals surface area contributed by atoms with Gasteiger partial charge in [0.1, 0.15) is 0 Å². The monoisotopic (exact) mass is 426 g/mol. The van der Waals surface area contributed by atoms with E-state index in [1.165, 1.54) is 28.3 Å². The van der Waals surface area contributed by atoms with Crippen molar-refractivity contribution in [2.24, 2.45) is 0 Å². The minimum atomic E-state index is -0.671. The van der Waals surface area contributed by atoms with Gasteiger partial charge < -0.3 is 9.55 Å². The number of aromatic nitrogens is 4. The van der Waals surface area contributed by atoms with E-state index in [0.29, 0.717) is 27.7 Å². The molecule has 0 radical (unpaired) electrons. The lowest BCUT2D eigenvalue weighted by molar-refractivity contribution is 0.0986. The molecular weight excluding hydrogens is 412 g/mol. The zero-order valence-corrected chi connectivity index (χ0v) is 16.6. The van der Waals surface area contributed by atoms with Crippen molar-refractivity contribution in [2.75, 3.05) is 0 Å². The molecule has 9 heteroatoms. The molecule has 0 aliphatic rings. The molecule has 4 rings (SSSR count). The highest BCUT2D eigenvalue weighted by molar-refractivity contribution is 7.18. The zero-order chi connectivity index (χ0) is 20.4. The van der Waals surface area contributed by atoms with Crippen LogP contribution in [0.15, 0.2) is 70.9 Å². The molecule has 3 aromatic heterocycles. The van der Waals surface area contributed by atoms with Gasteiger partial charge in [-0.25, -0.2) is 4.98 Å². The van der Waals surface area contributed by atoms with Crippen LogP contribution in [-0.4, -0.2) is 24.9 Å². The molecule has 0 atom stereocenters. The highest BCUT2D eigenvalue weighted by Crippen LogP contribution is 2.23. The van der Waals surface area contributed by atoms with Crippen LogP contribution in [0, 0.1) is 0 Å². The van der Waals surface area contributed by atoms with Crippen LogP contribution in [0.1, 0.15) is 21.8 Å². The first-order chi connectivity index (χ1) is 14.0. The van der Waals surface area contributed by atoms with Gasteiger partial charge in [-0.1, -0.05) is 11.6 Å². The first-order valence-corrected chi connectivity index (χ1v) is 9.93. The maximum Gasteiger partial charge on any atom is 0.320 e. The number of thiophene rings is 1. The van der Waals surface area contributed by atoms with E-state index in [4.69, 9.17) is 11.6 Å². The van der Waals surface area contributed by atoms with Gasteiger partial charge in [0.25, 0.3) is 0 Å². The number of benzene rings is 1. The number of carbonyl (C=O) groups is 1. The quantitative estimate of drug-likeness (QED) is 0.378. The fourth-order valence-corrected chi connectivity index (χ4v) is 3.89. The molecule has 29 heavy (non-hydrogen) atoms. The van der Waals surface area contributed by atoms with E-state index in [9.17, 15) is 14.4 Å². The number of nitrogens with one attached hydrogen (secondary N) is 1. The van der Waals surface area contributed by atoms with Crippen LogP contribution in [0.2, 0.25) is 4.34 Å². The van der Waals surface area contributed by atoms with E-state index in [1.807, 2.05) is 22.9 Å². The highest BCUT2D eigenvalue weighted by Gasteiger charge is 2.10. The van der Waals surface area contributed by atoms with Gasteiger partial charge in [-0.3, -0.25) is 19.0 Å². The van der Waals surface area contributed by atoms with Gasteiger partial charge in [0.2, 0.25) is 0 Å². The molecule has 7 nitrogen and oxygen atoms in total. The average Bonchev–Trinajstić information content (AvgIpc) is 3.38. The number of rotatable bonds is 6. The van der Waals surface area contributed by atoms with Crippen LogP contribution < -0.4 is 11.1 Å². The molecule has 146 valence electrons. The Balaban J connectivity index is 1.46. The Labute approximate surface area is 173 Å². The largest absolute Gasteiger partial charge is 0.323 e. The van der Waals surface area contributed by atoms with Gasteiger partial charge in [-0.05, 0) is 42.8 Å². The Bertz CT molecular complexity index is 1280. The number of nitrogens with zero attached hydrogens (tertiary/aromatic N) is 3. The van der Waals surface area contributed by atoms with Crippen LogP contribution in [0.5, 0.6) is 0 Å². The fraction of sp³-hybridized carbons (Fsp3) is 0.100. The normalized spacial score (nSPS) is 10.9. The number of halogens is 1. The molecule has 0 aliphatic heterocycles. The second-order valence-electron chi connectivity index (χ2n) is 6.28. The predicted octanol–water partition coefficient (Wildman–Crippen LogP) is 3.24. The molecule has 1 aromatic carbocycles. The highest BCUT2D eigenvalue weighted by atomic mass is 35.5. The lowest BCUT2D eigenvalue weighted by Crippen LogP contribution is -2.34. The fourth-order valence-electron chi connectivity index (χ4n) is 2.88. The maximum atomic E-state index is 12.2. The molecular formula is C20H15ClN4O3S. The summed E-state index contributed by atoms with van der Waals surface area (Å²) in [5.74, 6) is 0.0455. The molecule has 4 aromatic rings. The number of hydrogen-bond acceptors (Lipinski definition) is 5. The number of Topliss-reactive ketones (excluding diaryl/α,β-unsaturated/α-hetero) is 1. The second kappa shape index (κ2) is 8.02. The van der Waals surface area contributed by atoms with Gasteiger partial charge in [0.05, 0.1) is 21.2 Å². The van der Waals surface area contributed by atoms with E-state index in [0.717, 1.165) is 11.4 Å². The summed E-state index contributed by atoms with van der Waals surface area (Å²) in [6, 6.07) is 10.6. The summed E-state index contributed by atoms with van der Waals surface area (Å²) in [5.41, 5.74) is 0.931. The van der Waals surface area contributed by atoms with Crippen molar-refractivity contribution >= 4 is 28.7 Å². The Morgan fingerprint density at radius 3 is 2.59 bits per heavy atom. The summed E-state index contributed by atoms with van der Waals surface area (Å²) in [6.07, 6.45) is 7.36. The van der Waals surface area contributed by atoms with Crippen molar-refractivity contribution in [1.82, 2.24) is 19.1 Å². The van der Waals surface area contributed by atoms with Gasteiger partial charge in [-0.15, -0.1) is 11.3 Å². The lowest BCUT2D eigenvalue weighted by Gasteiger charge is -2.06. The summed E-state index contributed by atoms with van der Waals surface area (Å²) < 4.78 is 3.72. The third-order valence-electron chi connectivity index (χ3n) is 4.37. The SMILES string of the molecule is O=C(CCc1cn(-c2ccc(-n3cc[nH]c(=O)c3=O)cc2)cn1)c1ccc(Cl)s1.